The maximum atomic E-state index is 11.2. The first-order valence-corrected chi connectivity index (χ1v) is 4.73. The molecule has 0 saturated carbocycles. The fourth-order valence-corrected chi connectivity index (χ4v) is 0.967. The summed E-state index contributed by atoms with van der Waals surface area (Å²) in [5.41, 5.74) is 0.572. The van der Waals surface area contributed by atoms with Crippen molar-refractivity contribution in [3.05, 3.63) is 5.69 Å². The molecule has 1 N–H and O–H groups in total. The molecule has 0 atom stereocenters. The van der Waals surface area contributed by atoms with Crippen LogP contribution < -0.4 is 15.1 Å². The average molecular weight is 199 g/mol. The Morgan fingerprint density at radius 1 is 1.57 bits per heavy atom. The first-order chi connectivity index (χ1) is 6.46. The number of nitrogens with one attached hydrogen (secondary N) is 1. The zero-order valence-electron chi connectivity index (χ0n) is 9.13. The van der Waals surface area contributed by atoms with Gasteiger partial charge in [-0.25, -0.2) is 0 Å². The molecule has 0 saturated heterocycles. The number of aryl methyl sites for hydroxylation is 1. The van der Waals surface area contributed by atoms with Gasteiger partial charge in [0.2, 0.25) is 5.69 Å². The Kier molecular flexibility index (Phi) is 3.10. The summed E-state index contributed by atoms with van der Waals surface area (Å²) in [5.74, 6) is -0.369. The summed E-state index contributed by atoms with van der Waals surface area (Å²) in [5, 5.41) is 18.0. The summed E-state index contributed by atoms with van der Waals surface area (Å²) in [6.45, 7) is 6.76. The van der Waals surface area contributed by atoms with E-state index in [4.69, 9.17) is 0 Å². The monoisotopic (exact) mass is 199 g/mol. The van der Waals surface area contributed by atoms with Crippen LogP contribution in [0.25, 0.3) is 0 Å². The molecule has 0 fully saturated rings. The Bertz CT molecular complexity index is 288. The van der Waals surface area contributed by atoms with Gasteiger partial charge in [0, 0.05) is 5.54 Å². The van der Waals surface area contributed by atoms with Gasteiger partial charge in [-0.2, -0.15) is 0 Å². The average Bonchev–Trinajstić information content (AvgIpc) is 2.44. The van der Waals surface area contributed by atoms with Crippen molar-refractivity contribution in [1.82, 2.24) is 10.6 Å². The molecule has 0 spiro atoms. The van der Waals surface area contributed by atoms with E-state index in [1.165, 1.54) is 4.68 Å². The van der Waals surface area contributed by atoms with Crippen molar-refractivity contribution < 1.29 is 14.3 Å². The number of aromatic nitrogens is 2. The van der Waals surface area contributed by atoms with Gasteiger partial charge in [-0.15, -0.1) is 0 Å². The standard InChI is InChI=1S/C9H17N3O2/c1-5-9(2,3)10-6-7-8(13)14-11-12(7)4/h10H,5-6H2,1-4H3. The van der Waals surface area contributed by atoms with Crippen LogP contribution >= 0.6 is 0 Å². The summed E-state index contributed by atoms with van der Waals surface area (Å²) in [4.78, 5) is 0. The molecule has 5 nitrogen and oxygen atoms in total. The highest BCUT2D eigenvalue weighted by Crippen LogP contribution is 2.11. The summed E-state index contributed by atoms with van der Waals surface area (Å²) in [7, 11) is 1.70. The molecular weight excluding hydrogens is 182 g/mol. The Hall–Kier alpha value is -1.10. The molecular formula is C9H17N3O2. The molecule has 0 aliphatic heterocycles. The molecule has 1 heterocycles. The van der Waals surface area contributed by atoms with Crippen LogP contribution in [-0.2, 0) is 13.6 Å². The largest absolute Gasteiger partial charge is 0.539 e. The number of nitrogens with zero attached hydrogens (tertiary/aromatic N) is 2. The van der Waals surface area contributed by atoms with Crippen LogP contribution in [0, 0.1) is 0 Å². The second-order valence-electron chi connectivity index (χ2n) is 4.02. The Balaban J connectivity index is 2.62. The van der Waals surface area contributed by atoms with Gasteiger partial charge >= 0.3 is 0 Å². The van der Waals surface area contributed by atoms with Crippen LogP contribution in [0.15, 0.2) is 4.52 Å². The van der Waals surface area contributed by atoms with Gasteiger partial charge < -0.3 is 14.9 Å². The quantitative estimate of drug-likeness (QED) is 0.685. The lowest BCUT2D eigenvalue weighted by molar-refractivity contribution is -0.746. The van der Waals surface area contributed by atoms with Gasteiger partial charge in [0.1, 0.15) is 0 Å². The Morgan fingerprint density at radius 3 is 2.64 bits per heavy atom. The van der Waals surface area contributed by atoms with E-state index in [0.717, 1.165) is 6.42 Å². The summed E-state index contributed by atoms with van der Waals surface area (Å²) >= 11 is 0. The maximum absolute atomic E-state index is 11.2. The van der Waals surface area contributed by atoms with E-state index >= 15 is 0 Å². The minimum atomic E-state index is -0.369. The molecule has 0 radical (unpaired) electrons. The summed E-state index contributed by atoms with van der Waals surface area (Å²) in [6, 6.07) is 0. The molecule has 5 heteroatoms. The fourth-order valence-electron chi connectivity index (χ4n) is 0.967. The van der Waals surface area contributed by atoms with Crippen molar-refractivity contribution >= 4 is 0 Å². The first kappa shape index (κ1) is 11.0. The molecule has 80 valence electrons. The second-order valence-corrected chi connectivity index (χ2v) is 4.02. The van der Waals surface area contributed by atoms with Gasteiger partial charge in [0.05, 0.1) is 11.8 Å². The lowest BCUT2D eigenvalue weighted by atomic mass is 10.0. The van der Waals surface area contributed by atoms with Gasteiger partial charge in [0.15, 0.2) is 13.0 Å². The lowest BCUT2D eigenvalue weighted by Crippen LogP contribution is -2.43. The SMILES string of the molecule is CCC(C)(C)NCc1c([O-])on[n+]1C. The van der Waals surface area contributed by atoms with Gasteiger partial charge in [-0.3, -0.25) is 0 Å². The van der Waals surface area contributed by atoms with Gasteiger partial charge in [-0.05, 0) is 20.3 Å². The third-order valence-electron chi connectivity index (χ3n) is 2.49. The van der Waals surface area contributed by atoms with E-state index in [1.807, 2.05) is 0 Å². The predicted molar refractivity (Wildman–Crippen MR) is 48.3 cm³/mol. The number of hydrogen-bond acceptors (Lipinski definition) is 4. The zero-order valence-corrected chi connectivity index (χ0v) is 9.13. The number of rotatable bonds is 4. The lowest BCUT2D eigenvalue weighted by Gasteiger charge is -2.23. The van der Waals surface area contributed by atoms with Crippen LogP contribution in [0.1, 0.15) is 32.9 Å². The zero-order chi connectivity index (χ0) is 10.8. The molecule has 0 aromatic carbocycles. The molecule has 1 aromatic heterocycles. The molecule has 0 aliphatic rings. The molecule has 1 rings (SSSR count). The highest BCUT2D eigenvalue weighted by atomic mass is 16.6. The van der Waals surface area contributed by atoms with Crippen LogP contribution in [0.2, 0.25) is 0 Å². The van der Waals surface area contributed by atoms with Crippen LogP contribution in [0.4, 0.5) is 0 Å². The van der Waals surface area contributed by atoms with E-state index in [9.17, 15) is 5.11 Å². The maximum Gasteiger partial charge on any atom is 0.246 e. The molecule has 1 aromatic rings. The molecule has 14 heavy (non-hydrogen) atoms. The first-order valence-electron chi connectivity index (χ1n) is 4.73. The smallest absolute Gasteiger partial charge is 0.246 e. The van der Waals surface area contributed by atoms with Crippen molar-refractivity contribution in [3.63, 3.8) is 0 Å². The van der Waals surface area contributed by atoms with Crippen molar-refractivity contribution in [2.24, 2.45) is 7.05 Å². The van der Waals surface area contributed by atoms with E-state index in [0.29, 0.717) is 12.2 Å². The van der Waals surface area contributed by atoms with Crippen molar-refractivity contribution in [2.45, 2.75) is 39.3 Å². The Morgan fingerprint density at radius 2 is 2.21 bits per heavy atom. The molecule has 0 amide bonds. The second kappa shape index (κ2) is 3.96. The topological polar surface area (TPSA) is 65.0 Å². The predicted octanol–water partition coefficient (Wildman–Crippen LogP) is -0.149. The number of hydrogen-bond donors (Lipinski definition) is 1. The minimum absolute atomic E-state index is 0.0245. The molecule has 0 aliphatic carbocycles. The van der Waals surface area contributed by atoms with Gasteiger partial charge in [0.25, 0.3) is 0 Å². The molecule has 0 bridgehead atoms. The van der Waals surface area contributed by atoms with Crippen molar-refractivity contribution in [2.75, 3.05) is 0 Å². The van der Waals surface area contributed by atoms with Gasteiger partial charge in [-0.1, -0.05) is 11.6 Å². The van der Waals surface area contributed by atoms with E-state index in [1.54, 1.807) is 7.05 Å². The minimum Gasteiger partial charge on any atom is -0.539 e. The summed E-state index contributed by atoms with van der Waals surface area (Å²) in [6.07, 6.45) is 0.996. The van der Waals surface area contributed by atoms with E-state index in [-0.39, 0.29) is 11.5 Å². The van der Waals surface area contributed by atoms with Crippen LogP contribution in [-0.4, -0.2) is 10.8 Å². The fraction of sp³-hybridized carbons (Fsp3) is 0.778. The normalized spacial score (nSPS) is 12.0. The van der Waals surface area contributed by atoms with Crippen molar-refractivity contribution in [1.29, 1.82) is 0 Å². The van der Waals surface area contributed by atoms with E-state index in [2.05, 4.69) is 35.9 Å². The van der Waals surface area contributed by atoms with Crippen molar-refractivity contribution in [3.8, 4) is 5.95 Å². The third kappa shape index (κ3) is 2.45. The van der Waals surface area contributed by atoms with Crippen LogP contribution in [0.3, 0.4) is 0 Å². The third-order valence-corrected chi connectivity index (χ3v) is 2.49. The highest BCUT2D eigenvalue weighted by molar-refractivity contribution is 5.03. The Labute approximate surface area is 83.7 Å². The van der Waals surface area contributed by atoms with Crippen LogP contribution in [0.5, 0.6) is 5.95 Å². The van der Waals surface area contributed by atoms with E-state index < -0.39 is 0 Å². The molecule has 0 unspecified atom stereocenters. The summed E-state index contributed by atoms with van der Waals surface area (Å²) < 4.78 is 5.97. The highest BCUT2D eigenvalue weighted by Gasteiger charge is 2.19.